The molecule has 0 fully saturated rings. The number of amides is 1. The molecule has 0 spiro atoms. The van der Waals surface area contributed by atoms with Gasteiger partial charge in [0.15, 0.2) is 11.4 Å². The number of carboxylic acids is 1. The smallest absolute Gasteiger partial charge is 0.358 e. The minimum atomic E-state index is -1.19. The van der Waals surface area contributed by atoms with E-state index >= 15 is 0 Å². The monoisotopic (exact) mass is 294 g/mol. The van der Waals surface area contributed by atoms with Crippen molar-refractivity contribution in [2.45, 2.75) is 6.54 Å². The van der Waals surface area contributed by atoms with E-state index in [9.17, 15) is 19.7 Å². The van der Waals surface area contributed by atoms with Crippen molar-refractivity contribution in [2.24, 2.45) is 0 Å². The van der Waals surface area contributed by atoms with E-state index in [1.165, 1.54) is 23.0 Å². The molecule has 0 aliphatic rings. The fourth-order valence-electron chi connectivity index (χ4n) is 1.51. The second-order valence-corrected chi connectivity index (χ2v) is 3.94. The molecule has 0 aliphatic heterocycles. The minimum Gasteiger partial charge on any atom is -0.476 e. The van der Waals surface area contributed by atoms with E-state index in [0.29, 0.717) is 0 Å². The molecule has 3 N–H and O–H groups in total. The van der Waals surface area contributed by atoms with Crippen molar-refractivity contribution in [3.63, 3.8) is 0 Å². The minimum absolute atomic E-state index is 0.0616. The van der Waals surface area contributed by atoms with Crippen molar-refractivity contribution < 1.29 is 19.6 Å². The van der Waals surface area contributed by atoms with Crippen LogP contribution in [0.5, 0.6) is 0 Å². The van der Waals surface area contributed by atoms with E-state index in [4.69, 9.17) is 5.11 Å². The lowest BCUT2D eigenvalue weighted by molar-refractivity contribution is -0.389. The number of carboxylic acid groups (broad SMARTS) is 1. The average Bonchev–Trinajstić information content (AvgIpc) is 3.07. The van der Waals surface area contributed by atoms with Crippen LogP contribution >= 0.6 is 0 Å². The summed E-state index contributed by atoms with van der Waals surface area (Å²) in [6, 6.07) is 2.48. The average molecular weight is 294 g/mol. The third-order valence-electron chi connectivity index (χ3n) is 2.50. The summed E-state index contributed by atoms with van der Waals surface area (Å²) in [5.74, 6) is -1.98. The maximum Gasteiger partial charge on any atom is 0.358 e. The van der Waals surface area contributed by atoms with Crippen LogP contribution in [0.3, 0.4) is 0 Å². The molecule has 0 saturated heterocycles. The van der Waals surface area contributed by atoms with Gasteiger partial charge in [-0.3, -0.25) is 4.79 Å². The molecule has 0 bridgehead atoms. The lowest BCUT2D eigenvalue weighted by Gasteiger charge is -2.01. The summed E-state index contributed by atoms with van der Waals surface area (Å²) in [5.41, 5.74) is -0.132. The Morgan fingerprint density at radius 2 is 2.24 bits per heavy atom. The number of hydrogen-bond donors (Lipinski definition) is 3. The highest BCUT2D eigenvalue weighted by Gasteiger charge is 2.15. The van der Waals surface area contributed by atoms with E-state index in [0.717, 1.165) is 0 Å². The number of carbonyl (C=O) groups excluding carboxylic acids is 1. The van der Waals surface area contributed by atoms with Gasteiger partial charge >= 0.3 is 11.8 Å². The van der Waals surface area contributed by atoms with E-state index in [-0.39, 0.29) is 30.3 Å². The number of nitrogens with one attached hydrogen (secondary N) is 2. The number of aromatic amines is 1. The fourth-order valence-corrected chi connectivity index (χ4v) is 1.51. The Balaban J connectivity index is 1.85. The first kappa shape index (κ1) is 14.2. The third-order valence-corrected chi connectivity index (χ3v) is 2.50. The summed E-state index contributed by atoms with van der Waals surface area (Å²) in [6.07, 6.45) is 1.23. The Morgan fingerprint density at radius 1 is 1.48 bits per heavy atom. The summed E-state index contributed by atoms with van der Waals surface area (Å²) in [5, 5.41) is 28.6. The van der Waals surface area contributed by atoms with Gasteiger partial charge < -0.3 is 20.5 Å². The van der Waals surface area contributed by atoms with Gasteiger partial charge in [-0.05, 0) is 11.0 Å². The van der Waals surface area contributed by atoms with Crippen molar-refractivity contribution in [3.05, 3.63) is 39.8 Å². The standard InChI is InChI=1S/C10H10N6O5/c17-9(6-1-2-8(12-6)16(20)21)11-3-4-15-5-7(10(18)19)13-14-15/h1-2,5,12H,3-4H2,(H,11,17)(H,18,19). The van der Waals surface area contributed by atoms with Gasteiger partial charge in [-0.1, -0.05) is 5.21 Å². The van der Waals surface area contributed by atoms with Crippen LogP contribution < -0.4 is 5.32 Å². The molecule has 0 atom stereocenters. The third kappa shape index (κ3) is 3.40. The molecule has 0 unspecified atom stereocenters. The zero-order valence-electron chi connectivity index (χ0n) is 10.5. The summed E-state index contributed by atoms with van der Waals surface area (Å²) < 4.78 is 1.26. The molecule has 0 aliphatic carbocycles. The highest BCUT2D eigenvalue weighted by atomic mass is 16.6. The first-order chi connectivity index (χ1) is 9.97. The first-order valence-electron chi connectivity index (χ1n) is 5.72. The van der Waals surface area contributed by atoms with E-state index in [2.05, 4.69) is 20.6 Å². The van der Waals surface area contributed by atoms with Gasteiger partial charge in [-0.15, -0.1) is 5.10 Å². The van der Waals surface area contributed by atoms with Crippen LogP contribution in [0.2, 0.25) is 0 Å². The van der Waals surface area contributed by atoms with Crippen LogP contribution in [-0.4, -0.2) is 48.4 Å². The Morgan fingerprint density at radius 3 is 2.81 bits per heavy atom. The molecule has 21 heavy (non-hydrogen) atoms. The van der Waals surface area contributed by atoms with Gasteiger partial charge in [0.05, 0.1) is 12.7 Å². The number of rotatable bonds is 6. The van der Waals surface area contributed by atoms with Crippen LogP contribution in [0.1, 0.15) is 21.0 Å². The summed E-state index contributed by atoms with van der Waals surface area (Å²) in [4.78, 5) is 34.5. The van der Waals surface area contributed by atoms with Gasteiger partial charge in [0.25, 0.3) is 5.91 Å². The second-order valence-electron chi connectivity index (χ2n) is 3.94. The van der Waals surface area contributed by atoms with Crippen molar-refractivity contribution in [1.29, 1.82) is 0 Å². The highest BCUT2D eigenvalue weighted by Crippen LogP contribution is 2.09. The Kier molecular flexibility index (Phi) is 3.92. The number of nitrogens with zero attached hydrogens (tertiary/aromatic N) is 4. The summed E-state index contributed by atoms with van der Waals surface area (Å²) in [6.45, 7) is 0.378. The zero-order chi connectivity index (χ0) is 15.4. The zero-order valence-corrected chi connectivity index (χ0v) is 10.5. The molecule has 0 saturated carbocycles. The Bertz CT molecular complexity index is 690. The number of H-pyrrole nitrogens is 1. The fraction of sp³-hybridized carbons (Fsp3) is 0.200. The number of hydrogen-bond acceptors (Lipinski definition) is 6. The van der Waals surface area contributed by atoms with E-state index < -0.39 is 16.8 Å². The SMILES string of the molecule is O=C(O)c1cn(CCNC(=O)c2ccc([N+](=O)[O-])[nH]2)nn1. The van der Waals surface area contributed by atoms with E-state index in [1.807, 2.05) is 0 Å². The Labute approximate surface area is 116 Å². The van der Waals surface area contributed by atoms with Crippen LogP contribution in [0.4, 0.5) is 5.82 Å². The molecule has 11 heteroatoms. The van der Waals surface area contributed by atoms with Crippen LogP contribution in [0, 0.1) is 10.1 Å². The number of aromatic nitrogens is 4. The predicted molar refractivity (Wildman–Crippen MR) is 66.8 cm³/mol. The van der Waals surface area contributed by atoms with Gasteiger partial charge in [-0.25, -0.2) is 14.5 Å². The summed E-state index contributed by atoms with van der Waals surface area (Å²) in [7, 11) is 0. The van der Waals surface area contributed by atoms with Gasteiger partial charge in [-0.2, -0.15) is 0 Å². The topological polar surface area (TPSA) is 156 Å². The first-order valence-corrected chi connectivity index (χ1v) is 5.72. The predicted octanol–water partition coefficient (Wildman–Crippen LogP) is -0.357. The summed E-state index contributed by atoms with van der Waals surface area (Å²) >= 11 is 0. The maximum atomic E-state index is 11.7. The lowest BCUT2D eigenvalue weighted by Crippen LogP contribution is -2.27. The molecule has 110 valence electrons. The maximum absolute atomic E-state index is 11.7. The van der Waals surface area contributed by atoms with Crippen LogP contribution in [-0.2, 0) is 6.54 Å². The van der Waals surface area contributed by atoms with Crippen molar-refractivity contribution in [1.82, 2.24) is 25.3 Å². The highest BCUT2D eigenvalue weighted by molar-refractivity contribution is 5.92. The van der Waals surface area contributed by atoms with Crippen molar-refractivity contribution >= 4 is 17.7 Å². The lowest BCUT2D eigenvalue weighted by atomic mass is 10.4. The normalized spacial score (nSPS) is 10.3. The molecule has 2 aromatic heterocycles. The molecular formula is C10H10N6O5. The van der Waals surface area contributed by atoms with Crippen LogP contribution in [0.25, 0.3) is 0 Å². The van der Waals surface area contributed by atoms with Crippen LogP contribution in [0.15, 0.2) is 18.3 Å². The molecule has 1 amide bonds. The van der Waals surface area contributed by atoms with Crippen molar-refractivity contribution in [2.75, 3.05) is 6.54 Å². The largest absolute Gasteiger partial charge is 0.476 e. The molecule has 2 aromatic rings. The molecule has 0 aromatic carbocycles. The van der Waals surface area contributed by atoms with Gasteiger partial charge in [0, 0.05) is 12.6 Å². The number of carbonyl (C=O) groups is 2. The molecule has 2 rings (SSSR count). The van der Waals surface area contributed by atoms with Gasteiger partial charge in [0.1, 0.15) is 0 Å². The Hall–Kier alpha value is -3.24. The quantitative estimate of drug-likeness (QED) is 0.485. The molecule has 0 radical (unpaired) electrons. The number of nitro groups is 1. The molecular weight excluding hydrogens is 284 g/mol. The van der Waals surface area contributed by atoms with E-state index in [1.54, 1.807) is 0 Å². The molecule has 11 nitrogen and oxygen atoms in total. The molecule has 2 heterocycles. The van der Waals surface area contributed by atoms with Crippen molar-refractivity contribution in [3.8, 4) is 0 Å². The van der Waals surface area contributed by atoms with Gasteiger partial charge in [0.2, 0.25) is 0 Å². The second kappa shape index (κ2) is 5.81. The number of aromatic carboxylic acids is 1.